The second-order valence-electron chi connectivity index (χ2n) is 10.1. The van der Waals surface area contributed by atoms with Crippen LogP contribution >= 0.6 is 48.8 Å². The Balaban J connectivity index is 0.00000215. The number of imidazole rings is 1. The van der Waals surface area contributed by atoms with Gasteiger partial charge in [-0.25, -0.2) is 9.37 Å². The molecule has 0 saturated carbocycles. The monoisotopic (exact) mass is 669 g/mol. The summed E-state index contributed by atoms with van der Waals surface area (Å²) in [5.41, 5.74) is 4.65. The van der Waals surface area contributed by atoms with E-state index in [2.05, 4.69) is 26.2 Å². The third-order valence-corrected chi connectivity index (χ3v) is 7.77. The Labute approximate surface area is 275 Å². The van der Waals surface area contributed by atoms with Crippen molar-refractivity contribution in [2.45, 2.75) is 20.0 Å². The van der Waals surface area contributed by atoms with Crippen molar-refractivity contribution in [2.24, 2.45) is 0 Å². The molecule has 2 heterocycles. The molecule has 1 saturated heterocycles. The number of aliphatic hydroxyl groups excluding tert-OH is 1. The lowest BCUT2D eigenvalue weighted by Crippen LogP contribution is -2.50. The SMILES string of the molecule is Cc1c(Cl)cccc1N1CCN(CC(O)CNC(=O)c2nc(-c3ccccc3)n(-c3ccc(F)cc3)c2C)CC1.Cl.Cl.Cl. The van der Waals surface area contributed by atoms with Gasteiger partial charge in [-0.15, -0.1) is 37.2 Å². The highest BCUT2D eigenvalue weighted by Crippen LogP contribution is 2.28. The van der Waals surface area contributed by atoms with Crippen LogP contribution in [0.5, 0.6) is 0 Å². The molecule has 12 heteroatoms. The molecule has 1 fully saturated rings. The summed E-state index contributed by atoms with van der Waals surface area (Å²) >= 11 is 6.30. The van der Waals surface area contributed by atoms with E-state index < -0.39 is 6.10 Å². The molecule has 1 aromatic heterocycles. The van der Waals surface area contributed by atoms with Gasteiger partial charge in [-0.3, -0.25) is 14.3 Å². The second kappa shape index (κ2) is 16.3. The molecule has 2 N–H and O–H groups in total. The van der Waals surface area contributed by atoms with Crippen LogP contribution in [0, 0.1) is 19.7 Å². The Morgan fingerprint density at radius 3 is 2.26 bits per heavy atom. The van der Waals surface area contributed by atoms with Crippen molar-refractivity contribution < 1.29 is 14.3 Å². The summed E-state index contributed by atoms with van der Waals surface area (Å²) in [4.78, 5) is 22.4. The number of halogens is 5. The van der Waals surface area contributed by atoms with Crippen LogP contribution in [0.4, 0.5) is 10.1 Å². The number of rotatable bonds is 8. The van der Waals surface area contributed by atoms with E-state index in [1.54, 1.807) is 12.1 Å². The molecule has 1 aliphatic rings. The Morgan fingerprint density at radius 2 is 1.60 bits per heavy atom. The van der Waals surface area contributed by atoms with Crippen LogP contribution in [0.2, 0.25) is 5.02 Å². The van der Waals surface area contributed by atoms with E-state index in [1.807, 2.05) is 60.9 Å². The number of nitrogens with one attached hydrogen (secondary N) is 1. The molecular formula is C31H36Cl4FN5O2. The third kappa shape index (κ3) is 8.41. The van der Waals surface area contributed by atoms with Gasteiger partial charge < -0.3 is 15.3 Å². The average molecular weight is 671 g/mol. The largest absolute Gasteiger partial charge is 0.390 e. The summed E-state index contributed by atoms with van der Waals surface area (Å²) in [6.45, 7) is 7.69. The molecule has 232 valence electrons. The van der Waals surface area contributed by atoms with Crippen molar-refractivity contribution in [2.75, 3.05) is 44.2 Å². The summed E-state index contributed by atoms with van der Waals surface area (Å²) < 4.78 is 15.5. The number of hydrogen-bond donors (Lipinski definition) is 2. The lowest BCUT2D eigenvalue weighted by Gasteiger charge is -2.37. The molecule has 0 radical (unpaired) electrons. The van der Waals surface area contributed by atoms with Crippen LogP contribution in [-0.4, -0.2) is 70.8 Å². The van der Waals surface area contributed by atoms with E-state index in [9.17, 15) is 14.3 Å². The van der Waals surface area contributed by atoms with Gasteiger partial charge in [-0.2, -0.15) is 0 Å². The number of anilines is 1. The minimum atomic E-state index is -0.725. The first-order chi connectivity index (χ1) is 19.3. The number of aliphatic hydroxyl groups is 1. The zero-order chi connectivity index (χ0) is 28.2. The zero-order valence-electron chi connectivity index (χ0n) is 23.9. The molecule has 0 spiro atoms. The summed E-state index contributed by atoms with van der Waals surface area (Å²) in [5, 5.41) is 14.3. The van der Waals surface area contributed by atoms with Gasteiger partial charge in [0.05, 0.1) is 11.8 Å². The van der Waals surface area contributed by atoms with Gasteiger partial charge in [0.15, 0.2) is 0 Å². The average Bonchev–Trinajstić information content (AvgIpc) is 3.31. The lowest BCUT2D eigenvalue weighted by molar-refractivity contribution is 0.0847. The standard InChI is InChI=1S/C31H33ClFN5O2.3ClH/c1-21-27(32)9-6-10-28(21)37-17-15-36(16-18-37)20-26(39)19-34-31(40)29-22(2)38(25-13-11-24(33)12-14-25)30(35-29)23-7-4-3-5-8-23;;;/h3-14,26,39H,15-20H2,1-2H3,(H,34,40);3*1H. The lowest BCUT2D eigenvalue weighted by atomic mass is 10.1. The molecule has 43 heavy (non-hydrogen) atoms. The first kappa shape index (κ1) is 36.3. The van der Waals surface area contributed by atoms with E-state index >= 15 is 0 Å². The summed E-state index contributed by atoms with van der Waals surface area (Å²) in [7, 11) is 0. The third-order valence-electron chi connectivity index (χ3n) is 7.36. The van der Waals surface area contributed by atoms with Gasteiger partial charge in [0.25, 0.3) is 5.91 Å². The van der Waals surface area contributed by atoms with Gasteiger partial charge >= 0.3 is 0 Å². The van der Waals surface area contributed by atoms with E-state index in [0.717, 1.165) is 48.0 Å². The van der Waals surface area contributed by atoms with E-state index in [1.165, 1.54) is 12.1 Å². The van der Waals surface area contributed by atoms with E-state index in [-0.39, 0.29) is 61.2 Å². The normalized spacial score (nSPS) is 13.7. The number of carbonyl (C=O) groups excluding carboxylic acids is 1. The number of hydrogen-bond acceptors (Lipinski definition) is 5. The number of carbonyl (C=O) groups is 1. The molecule has 1 aliphatic heterocycles. The van der Waals surface area contributed by atoms with Gasteiger partial charge in [0, 0.05) is 61.2 Å². The molecule has 3 aromatic carbocycles. The summed E-state index contributed by atoms with van der Waals surface area (Å²) in [6, 6.07) is 21.6. The number of piperazine rings is 1. The fourth-order valence-corrected chi connectivity index (χ4v) is 5.34. The quantitative estimate of drug-likeness (QED) is 0.236. The minimum Gasteiger partial charge on any atom is -0.390 e. The molecule has 5 rings (SSSR count). The molecular weight excluding hydrogens is 635 g/mol. The van der Waals surface area contributed by atoms with Crippen molar-refractivity contribution in [3.05, 3.63) is 101 Å². The number of β-amino-alcohol motifs (C(OH)–C–C–N with tert-alkyl or cyclic N) is 1. The van der Waals surface area contributed by atoms with Crippen LogP contribution in [0.1, 0.15) is 21.7 Å². The highest BCUT2D eigenvalue weighted by Gasteiger charge is 2.24. The highest BCUT2D eigenvalue weighted by molar-refractivity contribution is 6.31. The molecule has 0 aliphatic carbocycles. The molecule has 0 bridgehead atoms. The fraction of sp³-hybridized carbons (Fsp3) is 0.290. The summed E-state index contributed by atoms with van der Waals surface area (Å²) in [6.07, 6.45) is -0.725. The van der Waals surface area contributed by atoms with Gasteiger partial charge in [0.1, 0.15) is 17.3 Å². The first-order valence-electron chi connectivity index (χ1n) is 13.4. The Kier molecular flexibility index (Phi) is 13.8. The van der Waals surface area contributed by atoms with Crippen molar-refractivity contribution in [3.63, 3.8) is 0 Å². The van der Waals surface area contributed by atoms with E-state index in [4.69, 9.17) is 11.6 Å². The highest BCUT2D eigenvalue weighted by atomic mass is 35.5. The van der Waals surface area contributed by atoms with Crippen molar-refractivity contribution >= 4 is 60.4 Å². The smallest absolute Gasteiger partial charge is 0.271 e. The predicted molar refractivity (Wildman–Crippen MR) is 179 cm³/mol. The fourth-order valence-electron chi connectivity index (χ4n) is 5.17. The molecule has 1 amide bonds. The zero-order valence-corrected chi connectivity index (χ0v) is 27.1. The summed E-state index contributed by atoms with van der Waals surface area (Å²) in [5.74, 6) is -0.116. The maximum atomic E-state index is 13.6. The number of aromatic nitrogens is 2. The van der Waals surface area contributed by atoms with Crippen LogP contribution in [0.25, 0.3) is 17.1 Å². The van der Waals surface area contributed by atoms with Crippen LogP contribution < -0.4 is 10.2 Å². The Bertz CT molecular complexity index is 1480. The number of amides is 1. The topological polar surface area (TPSA) is 73.6 Å². The minimum absolute atomic E-state index is 0. The molecule has 1 unspecified atom stereocenters. The Morgan fingerprint density at radius 1 is 0.953 bits per heavy atom. The van der Waals surface area contributed by atoms with Crippen molar-refractivity contribution in [1.29, 1.82) is 0 Å². The van der Waals surface area contributed by atoms with Gasteiger partial charge in [-0.05, 0) is 55.8 Å². The Hall–Kier alpha value is -2.85. The van der Waals surface area contributed by atoms with Gasteiger partial charge in [-0.1, -0.05) is 48.0 Å². The maximum absolute atomic E-state index is 13.6. The molecule has 4 aromatic rings. The van der Waals surface area contributed by atoms with Crippen LogP contribution in [-0.2, 0) is 0 Å². The second-order valence-corrected chi connectivity index (χ2v) is 10.5. The van der Waals surface area contributed by atoms with Crippen molar-refractivity contribution in [1.82, 2.24) is 19.8 Å². The maximum Gasteiger partial charge on any atom is 0.271 e. The van der Waals surface area contributed by atoms with E-state index in [0.29, 0.717) is 23.8 Å². The number of benzene rings is 3. The number of nitrogens with zero attached hydrogens (tertiary/aromatic N) is 4. The van der Waals surface area contributed by atoms with Crippen molar-refractivity contribution in [3.8, 4) is 17.1 Å². The molecule has 7 nitrogen and oxygen atoms in total. The van der Waals surface area contributed by atoms with Crippen LogP contribution in [0.3, 0.4) is 0 Å². The molecule has 1 atom stereocenters. The van der Waals surface area contributed by atoms with Crippen LogP contribution in [0.15, 0.2) is 72.8 Å². The van der Waals surface area contributed by atoms with Gasteiger partial charge in [0.2, 0.25) is 0 Å². The predicted octanol–water partition coefficient (Wildman–Crippen LogP) is 6.13. The first-order valence-corrected chi connectivity index (χ1v) is 13.8.